The first-order valence-electron chi connectivity index (χ1n) is 6.02. The highest BCUT2D eigenvalue weighted by molar-refractivity contribution is 5.74. The van der Waals surface area contributed by atoms with E-state index in [1.165, 1.54) is 12.8 Å². The van der Waals surface area contributed by atoms with Gasteiger partial charge in [-0.2, -0.15) is 0 Å². The fraction of sp³-hybridized carbons (Fsp3) is 0.917. The van der Waals surface area contributed by atoms with Crippen molar-refractivity contribution < 1.29 is 9.90 Å². The number of nitrogens with zero attached hydrogens (tertiary/aromatic N) is 1. The van der Waals surface area contributed by atoms with Crippen molar-refractivity contribution in [2.45, 2.75) is 39.5 Å². The number of hydrogen-bond donors (Lipinski definition) is 1. The van der Waals surface area contributed by atoms with Gasteiger partial charge in [0.25, 0.3) is 0 Å². The van der Waals surface area contributed by atoms with Gasteiger partial charge in [0, 0.05) is 19.6 Å². The Labute approximate surface area is 91.5 Å². The highest BCUT2D eigenvalue weighted by Crippen LogP contribution is 2.53. The molecule has 0 aromatic heterocycles. The summed E-state index contributed by atoms with van der Waals surface area (Å²) in [5.41, 5.74) is 0.127. The predicted octanol–water partition coefficient (Wildman–Crippen LogP) is 1.97. The molecule has 1 aliphatic carbocycles. The average Bonchev–Trinajstić information content (AvgIpc) is 2.92. The van der Waals surface area contributed by atoms with Gasteiger partial charge in [0.15, 0.2) is 0 Å². The van der Waals surface area contributed by atoms with Gasteiger partial charge in [0.2, 0.25) is 0 Å². The lowest BCUT2D eigenvalue weighted by molar-refractivity contribution is -0.152. The normalized spacial score (nSPS) is 23.9. The Morgan fingerprint density at radius 1 is 1.33 bits per heavy atom. The van der Waals surface area contributed by atoms with E-state index < -0.39 is 11.4 Å². The molecule has 2 fully saturated rings. The van der Waals surface area contributed by atoms with Crippen LogP contribution in [-0.4, -0.2) is 35.6 Å². The number of hydrogen-bond acceptors (Lipinski definition) is 2. The summed E-state index contributed by atoms with van der Waals surface area (Å²) in [7, 11) is 0. The highest BCUT2D eigenvalue weighted by Gasteiger charge is 2.53. The van der Waals surface area contributed by atoms with Crippen molar-refractivity contribution in [1.82, 2.24) is 4.90 Å². The van der Waals surface area contributed by atoms with Crippen LogP contribution in [0, 0.1) is 10.8 Å². The van der Waals surface area contributed by atoms with Crippen LogP contribution in [0.15, 0.2) is 0 Å². The molecule has 1 N–H and O–H groups in total. The summed E-state index contributed by atoms with van der Waals surface area (Å²) in [4.78, 5) is 13.6. The van der Waals surface area contributed by atoms with Crippen molar-refractivity contribution in [1.29, 1.82) is 0 Å². The van der Waals surface area contributed by atoms with Crippen LogP contribution in [0.2, 0.25) is 0 Å². The molecule has 1 saturated heterocycles. The van der Waals surface area contributed by atoms with Crippen molar-refractivity contribution in [2.75, 3.05) is 19.6 Å². The number of carboxylic acid groups (broad SMARTS) is 1. The maximum absolute atomic E-state index is 11.3. The third kappa shape index (κ3) is 1.78. The van der Waals surface area contributed by atoms with E-state index in [9.17, 15) is 9.90 Å². The van der Waals surface area contributed by atoms with Crippen molar-refractivity contribution in [2.24, 2.45) is 10.8 Å². The SMILES string of the molecule is CCC(CC)(CN1CC2(CC2)C1)C(=O)O. The Morgan fingerprint density at radius 3 is 2.20 bits per heavy atom. The second-order valence-electron chi connectivity index (χ2n) is 5.44. The third-order valence-corrected chi connectivity index (χ3v) is 4.41. The number of rotatable bonds is 5. The van der Waals surface area contributed by atoms with Gasteiger partial charge < -0.3 is 10.0 Å². The van der Waals surface area contributed by atoms with Gasteiger partial charge >= 0.3 is 5.97 Å². The summed E-state index contributed by atoms with van der Waals surface area (Å²) in [5.74, 6) is -0.621. The lowest BCUT2D eigenvalue weighted by atomic mass is 9.80. The minimum absolute atomic E-state index is 0.503. The maximum atomic E-state index is 11.3. The second-order valence-corrected chi connectivity index (χ2v) is 5.44. The number of carbonyl (C=O) groups is 1. The lowest BCUT2D eigenvalue weighted by Gasteiger charge is -2.44. The van der Waals surface area contributed by atoms with E-state index in [4.69, 9.17) is 0 Å². The summed E-state index contributed by atoms with van der Waals surface area (Å²) >= 11 is 0. The van der Waals surface area contributed by atoms with Gasteiger partial charge in [-0.05, 0) is 31.1 Å². The molecule has 2 aliphatic rings. The van der Waals surface area contributed by atoms with Gasteiger partial charge in [-0.1, -0.05) is 13.8 Å². The molecule has 1 spiro atoms. The van der Waals surface area contributed by atoms with E-state index in [0.717, 1.165) is 32.5 Å². The Hall–Kier alpha value is -0.570. The Bertz CT molecular complexity index is 259. The van der Waals surface area contributed by atoms with Crippen LogP contribution in [0.1, 0.15) is 39.5 Å². The van der Waals surface area contributed by atoms with Crippen LogP contribution in [0.25, 0.3) is 0 Å². The van der Waals surface area contributed by atoms with Crippen LogP contribution in [0.5, 0.6) is 0 Å². The van der Waals surface area contributed by atoms with Crippen LogP contribution in [0.4, 0.5) is 0 Å². The van der Waals surface area contributed by atoms with Crippen LogP contribution in [-0.2, 0) is 4.79 Å². The van der Waals surface area contributed by atoms with Crippen molar-refractivity contribution in [3.63, 3.8) is 0 Å². The standard InChI is InChI=1S/C12H21NO2/c1-3-12(4-2,10(14)15)9-13-7-11(8-13)5-6-11/h3-9H2,1-2H3,(H,14,15). The Kier molecular flexibility index (Phi) is 2.53. The van der Waals surface area contributed by atoms with Gasteiger partial charge in [0.1, 0.15) is 0 Å². The Morgan fingerprint density at radius 2 is 1.87 bits per heavy atom. The smallest absolute Gasteiger partial charge is 0.310 e. The number of aliphatic carboxylic acids is 1. The highest BCUT2D eigenvalue weighted by atomic mass is 16.4. The Balaban J connectivity index is 1.91. The molecular weight excluding hydrogens is 190 g/mol. The molecule has 3 nitrogen and oxygen atoms in total. The summed E-state index contributed by atoms with van der Waals surface area (Å²) in [6, 6.07) is 0. The topological polar surface area (TPSA) is 40.5 Å². The summed E-state index contributed by atoms with van der Waals surface area (Å²) < 4.78 is 0. The van der Waals surface area contributed by atoms with Crippen molar-refractivity contribution >= 4 is 5.97 Å². The van der Waals surface area contributed by atoms with E-state index in [2.05, 4.69) is 4.90 Å². The zero-order valence-electron chi connectivity index (χ0n) is 9.75. The largest absolute Gasteiger partial charge is 0.481 e. The van der Waals surface area contributed by atoms with E-state index in [-0.39, 0.29) is 0 Å². The molecule has 15 heavy (non-hydrogen) atoms. The maximum Gasteiger partial charge on any atom is 0.310 e. The molecule has 3 heteroatoms. The number of likely N-dealkylation sites (tertiary alicyclic amines) is 1. The number of carboxylic acids is 1. The fourth-order valence-corrected chi connectivity index (χ4v) is 2.78. The zero-order valence-corrected chi connectivity index (χ0v) is 9.75. The third-order valence-electron chi connectivity index (χ3n) is 4.41. The molecule has 2 rings (SSSR count). The molecule has 1 heterocycles. The average molecular weight is 211 g/mol. The summed E-state index contributed by atoms with van der Waals surface area (Å²) in [5, 5.41) is 9.31. The quantitative estimate of drug-likeness (QED) is 0.756. The first kappa shape index (κ1) is 10.9. The molecule has 0 aromatic carbocycles. The van der Waals surface area contributed by atoms with E-state index in [1.54, 1.807) is 0 Å². The van der Waals surface area contributed by atoms with E-state index in [1.807, 2.05) is 13.8 Å². The van der Waals surface area contributed by atoms with Gasteiger partial charge in [-0.3, -0.25) is 4.79 Å². The van der Waals surface area contributed by atoms with E-state index in [0.29, 0.717) is 5.41 Å². The molecule has 0 atom stereocenters. The van der Waals surface area contributed by atoms with Crippen LogP contribution < -0.4 is 0 Å². The van der Waals surface area contributed by atoms with Crippen LogP contribution in [0.3, 0.4) is 0 Å². The molecule has 0 unspecified atom stereocenters. The lowest BCUT2D eigenvalue weighted by Crippen LogP contribution is -2.54. The minimum Gasteiger partial charge on any atom is -0.481 e. The first-order chi connectivity index (χ1) is 7.06. The molecule has 0 aromatic rings. The van der Waals surface area contributed by atoms with Crippen molar-refractivity contribution in [3.8, 4) is 0 Å². The molecule has 0 radical (unpaired) electrons. The van der Waals surface area contributed by atoms with Gasteiger partial charge in [0.05, 0.1) is 5.41 Å². The van der Waals surface area contributed by atoms with E-state index >= 15 is 0 Å². The van der Waals surface area contributed by atoms with Crippen molar-refractivity contribution in [3.05, 3.63) is 0 Å². The molecule has 0 bridgehead atoms. The molecular formula is C12H21NO2. The summed E-state index contributed by atoms with van der Waals surface area (Å²) in [6.07, 6.45) is 4.20. The molecule has 86 valence electrons. The minimum atomic E-state index is -0.621. The monoisotopic (exact) mass is 211 g/mol. The molecule has 1 saturated carbocycles. The molecule has 1 aliphatic heterocycles. The molecule has 0 amide bonds. The fourth-order valence-electron chi connectivity index (χ4n) is 2.78. The predicted molar refractivity (Wildman–Crippen MR) is 58.8 cm³/mol. The van der Waals surface area contributed by atoms with Gasteiger partial charge in [-0.25, -0.2) is 0 Å². The summed E-state index contributed by atoms with van der Waals surface area (Å²) in [6.45, 7) is 7.01. The van der Waals surface area contributed by atoms with Gasteiger partial charge in [-0.15, -0.1) is 0 Å². The second kappa shape index (κ2) is 3.48. The zero-order chi connectivity index (χ0) is 11.1. The first-order valence-corrected chi connectivity index (χ1v) is 6.02. The van der Waals surface area contributed by atoms with Crippen LogP contribution >= 0.6 is 0 Å².